The Labute approximate surface area is 110 Å². The summed E-state index contributed by atoms with van der Waals surface area (Å²) in [5.41, 5.74) is 2.92. The average Bonchev–Trinajstić information content (AvgIpc) is 2.60. The molecule has 3 atom stereocenters. The largest absolute Gasteiger partial charge is 0.266 e. The van der Waals surface area contributed by atoms with Gasteiger partial charge in [0.05, 0.1) is 0 Å². The molecule has 0 N–H and O–H groups in total. The van der Waals surface area contributed by atoms with E-state index in [1.807, 2.05) is 0 Å². The van der Waals surface area contributed by atoms with Crippen molar-refractivity contribution in [3.63, 3.8) is 0 Å². The van der Waals surface area contributed by atoms with Gasteiger partial charge in [0.2, 0.25) is 0 Å². The summed E-state index contributed by atoms with van der Waals surface area (Å²) in [4.78, 5) is 0. The maximum absolute atomic E-state index is 4.60. The van der Waals surface area contributed by atoms with Crippen molar-refractivity contribution in [3.05, 3.63) is 27.6 Å². The molecular formula is C13H17IN2. The third-order valence-electron chi connectivity index (χ3n) is 3.95. The lowest BCUT2D eigenvalue weighted by Gasteiger charge is -2.12. The van der Waals surface area contributed by atoms with Crippen LogP contribution in [0.25, 0.3) is 0 Å². The molecule has 2 saturated carbocycles. The predicted molar refractivity (Wildman–Crippen MR) is 73.4 cm³/mol. The van der Waals surface area contributed by atoms with Gasteiger partial charge in [0.25, 0.3) is 0 Å². The lowest BCUT2D eigenvalue weighted by atomic mass is 10.1. The summed E-state index contributed by atoms with van der Waals surface area (Å²) >= 11 is 2.32. The van der Waals surface area contributed by atoms with Gasteiger partial charge >= 0.3 is 0 Å². The summed E-state index contributed by atoms with van der Waals surface area (Å²) in [5.74, 6) is 2.51. The Morgan fingerprint density at radius 3 is 2.62 bits per heavy atom. The molecule has 0 radical (unpaired) electrons. The molecule has 1 aromatic heterocycles. The van der Waals surface area contributed by atoms with Crippen LogP contribution < -0.4 is 0 Å². The maximum Gasteiger partial charge on any atom is 0.123 e. The number of hydrogen-bond donors (Lipinski definition) is 0. The van der Waals surface area contributed by atoms with Gasteiger partial charge in [-0.1, -0.05) is 12.2 Å². The molecule has 0 aliphatic heterocycles. The van der Waals surface area contributed by atoms with Crippen LogP contribution in [0.15, 0.2) is 18.2 Å². The van der Waals surface area contributed by atoms with E-state index in [-0.39, 0.29) is 0 Å². The molecular weight excluding hydrogens is 311 g/mol. The molecule has 1 heterocycles. The lowest BCUT2D eigenvalue weighted by molar-refractivity contribution is 0.499. The van der Waals surface area contributed by atoms with Gasteiger partial charge in [-0.3, -0.25) is 4.68 Å². The van der Waals surface area contributed by atoms with Gasteiger partial charge in [0.15, 0.2) is 0 Å². The topological polar surface area (TPSA) is 17.8 Å². The molecule has 16 heavy (non-hydrogen) atoms. The van der Waals surface area contributed by atoms with E-state index in [1.165, 1.54) is 24.1 Å². The zero-order valence-electron chi connectivity index (χ0n) is 9.78. The third kappa shape index (κ3) is 1.55. The summed E-state index contributed by atoms with van der Waals surface area (Å²) < 4.78 is 3.35. The minimum Gasteiger partial charge on any atom is -0.266 e. The standard InChI is InChI=1S/C13H17IN2/c1-7(2)16-11(6-12(14)15-16)13-9-4-8(3)5-10(9)13/h6-7,9-10,13H,3-5H2,1-2H3/t9-,10+,13-. The van der Waals surface area contributed by atoms with E-state index in [1.54, 1.807) is 0 Å². The van der Waals surface area contributed by atoms with Crippen LogP contribution in [0.4, 0.5) is 0 Å². The van der Waals surface area contributed by atoms with Crippen LogP contribution in [0.2, 0.25) is 0 Å². The van der Waals surface area contributed by atoms with E-state index in [4.69, 9.17) is 0 Å². The monoisotopic (exact) mass is 328 g/mol. The number of nitrogens with zero attached hydrogens (tertiary/aromatic N) is 2. The number of fused-ring (bicyclic) bond motifs is 1. The number of allylic oxidation sites excluding steroid dienone is 1. The van der Waals surface area contributed by atoms with E-state index in [0.717, 1.165) is 21.5 Å². The van der Waals surface area contributed by atoms with Gasteiger partial charge in [-0.15, -0.1) is 0 Å². The number of halogens is 1. The molecule has 0 amide bonds. The Hall–Kier alpha value is -0.320. The van der Waals surface area contributed by atoms with Crippen molar-refractivity contribution in [2.24, 2.45) is 11.8 Å². The summed E-state index contributed by atoms with van der Waals surface area (Å²) in [6.07, 6.45) is 2.49. The van der Waals surface area contributed by atoms with E-state index >= 15 is 0 Å². The van der Waals surface area contributed by atoms with Crippen LogP contribution in [-0.4, -0.2) is 9.78 Å². The van der Waals surface area contributed by atoms with Crippen molar-refractivity contribution in [1.82, 2.24) is 9.78 Å². The Morgan fingerprint density at radius 2 is 2.06 bits per heavy atom. The van der Waals surface area contributed by atoms with E-state index in [0.29, 0.717) is 6.04 Å². The quantitative estimate of drug-likeness (QED) is 0.597. The van der Waals surface area contributed by atoms with Crippen LogP contribution in [0.1, 0.15) is 44.3 Å². The van der Waals surface area contributed by atoms with Gasteiger partial charge in [0.1, 0.15) is 3.70 Å². The summed E-state index contributed by atoms with van der Waals surface area (Å²) in [7, 11) is 0. The van der Waals surface area contributed by atoms with Crippen molar-refractivity contribution in [2.75, 3.05) is 0 Å². The number of aromatic nitrogens is 2. The van der Waals surface area contributed by atoms with E-state index in [9.17, 15) is 0 Å². The number of hydrogen-bond acceptors (Lipinski definition) is 1. The fraction of sp³-hybridized carbons (Fsp3) is 0.615. The molecule has 86 valence electrons. The Kier molecular flexibility index (Phi) is 2.42. The van der Waals surface area contributed by atoms with Crippen LogP contribution in [0.5, 0.6) is 0 Å². The molecule has 3 rings (SSSR count). The highest BCUT2D eigenvalue weighted by Crippen LogP contribution is 2.64. The molecule has 0 unspecified atom stereocenters. The van der Waals surface area contributed by atoms with Crippen LogP contribution >= 0.6 is 22.6 Å². The van der Waals surface area contributed by atoms with Gasteiger partial charge in [-0.25, -0.2) is 0 Å². The molecule has 1 aromatic rings. The molecule has 0 aromatic carbocycles. The molecule has 0 bridgehead atoms. The minimum atomic E-state index is 0.475. The zero-order chi connectivity index (χ0) is 11.4. The molecule has 2 nitrogen and oxygen atoms in total. The highest BCUT2D eigenvalue weighted by molar-refractivity contribution is 14.1. The van der Waals surface area contributed by atoms with Gasteiger partial charge in [-0.05, 0) is 67.2 Å². The smallest absolute Gasteiger partial charge is 0.123 e. The highest BCUT2D eigenvalue weighted by atomic mass is 127. The second-order valence-electron chi connectivity index (χ2n) is 5.44. The second-order valence-corrected chi connectivity index (χ2v) is 6.55. The van der Waals surface area contributed by atoms with Crippen LogP contribution in [-0.2, 0) is 0 Å². The van der Waals surface area contributed by atoms with Crippen LogP contribution in [0, 0.1) is 15.5 Å². The molecule has 0 saturated heterocycles. The Balaban J connectivity index is 1.89. The Bertz CT molecular complexity index is 433. The van der Waals surface area contributed by atoms with Crippen LogP contribution in [0.3, 0.4) is 0 Å². The van der Waals surface area contributed by atoms with Crippen molar-refractivity contribution in [1.29, 1.82) is 0 Å². The molecule has 2 fully saturated rings. The third-order valence-corrected chi connectivity index (χ3v) is 4.47. The van der Waals surface area contributed by atoms with Gasteiger partial charge < -0.3 is 0 Å². The normalized spacial score (nSPS) is 32.2. The van der Waals surface area contributed by atoms with Gasteiger partial charge in [0, 0.05) is 17.7 Å². The number of rotatable bonds is 2. The van der Waals surface area contributed by atoms with E-state index < -0.39 is 0 Å². The molecule has 2 aliphatic carbocycles. The maximum atomic E-state index is 4.60. The first-order valence-electron chi connectivity index (χ1n) is 5.99. The first-order chi connectivity index (χ1) is 7.58. The first-order valence-corrected chi connectivity index (χ1v) is 7.07. The predicted octanol–water partition coefficient (Wildman–Crippen LogP) is 3.75. The molecule has 0 spiro atoms. The molecule has 3 heteroatoms. The first kappa shape index (κ1) is 10.8. The average molecular weight is 328 g/mol. The van der Waals surface area contributed by atoms with E-state index in [2.05, 4.69) is 58.9 Å². The minimum absolute atomic E-state index is 0.475. The second kappa shape index (κ2) is 3.59. The van der Waals surface area contributed by atoms with Crippen molar-refractivity contribution < 1.29 is 0 Å². The molecule has 2 aliphatic rings. The zero-order valence-corrected chi connectivity index (χ0v) is 11.9. The fourth-order valence-corrected chi connectivity index (χ4v) is 3.78. The fourth-order valence-electron chi connectivity index (χ4n) is 3.23. The SMILES string of the molecule is C=C1C[C@@H]2[C@H](C1)[C@@H]2c1cc(I)nn1C(C)C. The van der Waals surface area contributed by atoms with Crippen molar-refractivity contribution in [3.8, 4) is 0 Å². The highest BCUT2D eigenvalue weighted by Gasteiger charge is 2.55. The lowest BCUT2D eigenvalue weighted by Crippen LogP contribution is -2.08. The Morgan fingerprint density at radius 1 is 1.44 bits per heavy atom. The van der Waals surface area contributed by atoms with Crippen molar-refractivity contribution >= 4 is 22.6 Å². The summed E-state index contributed by atoms with van der Waals surface area (Å²) in [6.45, 7) is 8.53. The summed E-state index contributed by atoms with van der Waals surface area (Å²) in [6, 6.07) is 2.75. The summed E-state index contributed by atoms with van der Waals surface area (Å²) in [5, 5.41) is 4.60. The van der Waals surface area contributed by atoms with Crippen molar-refractivity contribution in [2.45, 2.75) is 38.6 Å². The van der Waals surface area contributed by atoms with Gasteiger partial charge in [-0.2, -0.15) is 5.10 Å².